The van der Waals surface area contributed by atoms with E-state index in [-0.39, 0.29) is 11.9 Å². The largest absolute Gasteiger partial charge is 0.348 e. The molecule has 0 aliphatic carbocycles. The molecule has 1 aliphatic rings. The molecule has 140 valence electrons. The predicted octanol–water partition coefficient (Wildman–Crippen LogP) is 4.99. The van der Waals surface area contributed by atoms with E-state index >= 15 is 0 Å². The third-order valence-corrected chi connectivity index (χ3v) is 7.02. The monoisotopic (exact) mass is 409 g/mol. The summed E-state index contributed by atoms with van der Waals surface area (Å²) < 4.78 is 0.735. The lowest BCUT2D eigenvalue weighted by Gasteiger charge is -2.31. The lowest BCUT2D eigenvalue weighted by Crippen LogP contribution is -2.44. The Kier molecular flexibility index (Phi) is 6.51. The summed E-state index contributed by atoms with van der Waals surface area (Å²) in [6, 6.07) is 4.06. The standard InChI is InChI=1S/C19H24ClN3OS2/c1-12(2)6-9-23-10-7-14(8-11-23)22-18(24)17-13(3)21-19(26-17)15-4-5-16(20)25-15/h4-6,14H,7-11H2,1-3H3,(H,22,24). The maximum atomic E-state index is 12.7. The van der Waals surface area contributed by atoms with Crippen LogP contribution in [-0.2, 0) is 0 Å². The number of carbonyl (C=O) groups is 1. The first-order valence-electron chi connectivity index (χ1n) is 8.82. The molecule has 0 saturated carbocycles. The first-order chi connectivity index (χ1) is 12.4. The molecule has 2 aromatic rings. The zero-order valence-electron chi connectivity index (χ0n) is 15.3. The molecule has 0 bridgehead atoms. The molecule has 1 aliphatic heterocycles. The van der Waals surface area contributed by atoms with Crippen molar-refractivity contribution in [2.75, 3.05) is 19.6 Å². The van der Waals surface area contributed by atoms with Gasteiger partial charge in [-0.15, -0.1) is 22.7 Å². The maximum Gasteiger partial charge on any atom is 0.263 e. The summed E-state index contributed by atoms with van der Waals surface area (Å²) in [6.07, 6.45) is 4.25. The van der Waals surface area contributed by atoms with Crippen LogP contribution >= 0.6 is 34.3 Å². The summed E-state index contributed by atoms with van der Waals surface area (Å²) >= 11 is 8.94. The number of hydrogen-bond acceptors (Lipinski definition) is 5. The van der Waals surface area contributed by atoms with Gasteiger partial charge >= 0.3 is 0 Å². The van der Waals surface area contributed by atoms with Crippen LogP contribution in [0.25, 0.3) is 9.88 Å². The van der Waals surface area contributed by atoms with Crippen molar-refractivity contribution in [1.29, 1.82) is 0 Å². The highest BCUT2D eigenvalue weighted by Crippen LogP contribution is 2.35. The number of aromatic nitrogens is 1. The van der Waals surface area contributed by atoms with Crippen molar-refractivity contribution in [3.63, 3.8) is 0 Å². The van der Waals surface area contributed by atoms with Crippen molar-refractivity contribution in [2.24, 2.45) is 0 Å². The Hall–Kier alpha value is -1.21. The van der Waals surface area contributed by atoms with Gasteiger partial charge < -0.3 is 5.32 Å². The van der Waals surface area contributed by atoms with Gasteiger partial charge in [0.15, 0.2) is 0 Å². The van der Waals surface area contributed by atoms with Crippen molar-refractivity contribution < 1.29 is 4.79 Å². The van der Waals surface area contributed by atoms with E-state index in [1.165, 1.54) is 28.2 Å². The Morgan fingerprint density at radius 2 is 2.08 bits per heavy atom. The molecule has 3 heterocycles. The van der Waals surface area contributed by atoms with E-state index in [1.807, 2.05) is 19.1 Å². The first-order valence-corrected chi connectivity index (χ1v) is 10.8. The highest BCUT2D eigenvalue weighted by Gasteiger charge is 2.23. The minimum atomic E-state index is -0.00310. The van der Waals surface area contributed by atoms with Crippen LogP contribution in [0.3, 0.4) is 0 Å². The third-order valence-electron chi connectivity index (χ3n) is 4.47. The van der Waals surface area contributed by atoms with Gasteiger partial charge in [0.2, 0.25) is 0 Å². The molecule has 0 unspecified atom stereocenters. The molecular formula is C19H24ClN3OS2. The summed E-state index contributed by atoms with van der Waals surface area (Å²) in [5.74, 6) is -0.00310. The van der Waals surface area contributed by atoms with Gasteiger partial charge in [-0.1, -0.05) is 23.3 Å². The number of likely N-dealkylation sites (tertiary alicyclic amines) is 1. The normalized spacial score (nSPS) is 15.8. The molecule has 1 fully saturated rings. The van der Waals surface area contributed by atoms with Crippen LogP contribution < -0.4 is 5.32 Å². The van der Waals surface area contributed by atoms with Crippen LogP contribution in [0.5, 0.6) is 0 Å². The predicted molar refractivity (Wildman–Crippen MR) is 112 cm³/mol. The number of halogens is 1. The van der Waals surface area contributed by atoms with Crippen LogP contribution in [0.4, 0.5) is 0 Å². The minimum absolute atomic E-state index is 0.00310. The van der Waals surface area contributed by atoms with Crippen LogP contribution in [-0.4, -0.2) is 41.5 Å². The van der Waals surface area contributed by atoms with E-state index in [0.29, 0.717) is 4.88 Å². The molecule has 1 saturated heterocycles. The van der Waals surface area contributed by atoms with Crippen molar-refractivity contribution in [1.82, 2.24) is 15.2 Å². The molecule has 0 aromatic carbocycles. The average Bonchev–Trinajstić information content (AvgIpc) is 3.20. The maximum absolute atomic E-state index is 12.7. The fraction of sp³-hybridized carbons (Fsp3) is 0.474. The van der Waals surface area contributed by atoms with Gasteiger partial charge in [-0.3, -0.25) is 9.69 Å². The zero-order chi connectivity index (χ0) is 18.7. The Bertz CT molecular complexity index is 800. The lowest BCUT2D eigenvalue weighted by atomic mass is 10.0. The number of piperidine rings is 1. The molecule has 1 amide bonds. The van der Waals surface area contributed by atoms with Gasteiger partial charge in [0.05, 0.1) is 14.9 Å². The molecule has 26 heavy (non-hydrogen) atoms. The van der Waals surface area contributed by atoms with Crippen LogP contribution in [0, 0.1) is 6.92 Å². The number of nitrogens with one attached hydrogen (secondary N) is 1. The summed E-state index contributed by atoms with van der Waals surface area (Å²) in [7, 11) is 0. The summed E-state index contributed by atoms with van der Waals surface area (Å²) in [5.41, 5.74) is 2.14. The Morgan fingerprint density at radius 1 is 1.35 bits per heavy atom. The Labute approximate surface area is 167 Å². The SMILES string of the molecule is CC(C)=CCN1CCC(NC(=O)c2sc(-c3ccc(Cl)s3)nc2C)CC1. The molecule has 1 N–H and O–H groups in total. The van der Waals surface area contributed by atoms with Crippen molar-refractivity contribution in [2.45, 2.75) is 39.7 Å². The number of thiophene rings is 1. The van der Waals surface area contributed by atoms with Crippen molar-refractivity contribution in [3.05, 3.63) is 38.7 Å². The average molecular weight is 410 g/mol. The third kappa shape index (κ3) is 4.94. The van der Waals surface area contributed by atoms with Crippen LogP contribution in [0.2, 0.25) is 4.34 Å². The number of hydrogen-bond donors (Lipinski definition) is 1. The van der Waals surface area contributed by atoms with E-state index in [1.54, 1.807) is 0 Å². The molecule has 2 aromatic heterocycles. The van der Waals surface area contributed by atoms with E-state index in [2.05, 4.69) is 35.1 Å². The molecule has 0 atom stereocenters. The highest BCUT2D eigenvalue weighted by atomic mass is 35.5. The molecule has 0 radical (unpaired) electrons. The number of rotatable bonds is 5. The van der Waals surface area contributed by atoms with E-state index in [0.717, 1.165) is 52.4 Å². The van der Waals surface area contributed by atoms with Gasteiger partial charge in [0.25, 0.3) is 5.91 Å². The second kappa shape index (κ2) is 8.65. The lowest BCUT2D eigenvalue weighted by molar-refractivity contribution is 0.0917. The fourth-order valence-electron chi connectivity index (χ4n) is 2.96. The fourth-order valence-corrected chi connectivity index (χ4v) is 5.03. The van der Waals surface area contributed by atoms with Crippen LogP contribution in [0.1, 0.15) is 42.1 Å². The number of amides is 1. The molecular weight excluding hydrogens is 386 g/mol. The zero-order valence-corrected chi connectivity index (χ0v) is 17.7. The minimum Gasteiger partial charge on any atom is -0.348 e. The smallest absolute Gasteiger partial charge is 0.263 e. The molecule has 0 spiro atoms. The summed E-state index contributed by atoms with van der Waals surface area (Å²) in [6.45, 7) is 9.20. The van der Waals surface area contributed by atoms with E-state index < -0.39 is 0 Å². The van der Waals surface area contributed by atoms with Crippen molar-refractivity contribution in [3.8, 4) is 9.88 Å². The number of allylic oxidation sites excluding steroid dienone is 1. The first kappa shape index (κ1) is 19.5. The Morgan fingerprint density at radius 3 is 2.69 bits per heavy atom. The van der Waals surface area contributed by atoms with Gasteiger partial charge in [-0.2, -0.15) is 0 Å². The molecule has 3 rings (SSSR count). The van der Waals surface area contributed by atoms with E-state index in [9.17, 15) is 4.79 Å². The second-order valence-corrected chi connectivity index (χ2v) is 9.58. The van der Waals surface area contributed by atoms with Crippen LogP contribution in [0.15, 0.2) is 23.8 Å². The Balaban J connectivity index is 1.57. The number of carbonyl (C=O) groups excluding carboxylic acids is 1. The highest BCUT2D eigenvalue weighted by molar-refractivity contribution is 7.24. The van der Waals surface area contributed by atoms with E-state index in [4.69, 9.17) is 11.6 Å². The number of nitrogens with zero attached hydrogens (tertiary/aromatic N) is 2. The number of thiazole rings is 1. The van der Waals surface area contributed by atoms with Crippen molar-refractivity contribution >= 4 is 40.2 Å². The van der Waals surface area contributed by atoms with Gasteiger partial charge in [-0.25, -0.2) is 4.98 Å². The topological polar surface area (TPSA) is 45.2 Å². The number of aryl methyl sites for hydroxylation is 1. The summed E-state index contributed by atoms with van der Waals surface area (Å²) in [5, 5.41) is 4.06. The summed E-state index contributed by atoms with van der Waals surface area (Å²) in [4.78, 5) is 21.4. The second-order valence-electron chi connectivity index (χ2n) is 6.87. The quantitative estimate of drug-likeness (QED) is 0.707. The van der Waals surface area contributed by atoms with Gasteiger partial charge in [-0.05, 0) is 45.7 Å². The van der Waals surface area contributed by atoms with Gasteiger partial charge in [0.1, 0.15) is 9.88 Å². The molecule has 7 heteroatoms. The molecule has 4 nitrogen and oxygen atoms in total. The van der Waals surface area contributed by atoms with Gasteiger partial charge in [0, 0.05) is 25.7 Å².